The van der Waals surface area contributed by atoms with Crippen LogP contribution < -0.4 is 15.6 Å². The van der Waals surface area contributed by atoms with Gasteiger partial charge in [0, 0.05) is 17.5 Å². The van der Waals surface area contributed by atoms with Crippen LogP contribution in [0.15, 0.2) is 34.2 Å². The molecular weight excluding hydrogens is 406 g/mol. The first-order chi connectivity index (χ1) is 12.8. The second-order valence-corrected chi connectivity index (χ2v) is 9.30. The summed E-state index contributed by atoms with van der Waals surface area (Å²) in [4.78, 5) is 31.4. The molecule has 0 saturated heterocycles. The van der Waals surface area contributed by atoms with Gasteiger partial charge in [0.2, 0.25) is 5.91 Å². The number of nitrogens with one attached hydrogen (secondary N) is 2. The molecular formula is C18H22ClN3O3S2. The highest BCUT2D eigenvalue weighted by Gasteiger charge is 2.17. The lowest BCUT2D eigenvalue weighted by molar-refractivity contribution is -0.115. The van der Waals surface area contributed by atoms with Crippen LogP contribution >= 0.6 is 35.1 Å². The van der Waals surface area contributed by atoms with Crippen molar-refractivity contribution in [2.75, 3.05) is 12.4 Å². The monoisotopic (exact) mass is 427 g/mol. The molecule has 0 aliphatic rings. The van der Waals surface area contributed by atoms with Gasteiger partial charge in [-0.1, -0.05) is 37.2 Å². The van der Waals surface area contributed by atoms with E-state index in [1.807, 2.05) is 0 Å². The normalized spacial score (nSPS) is 12.1. The number of aromatic amines is 1. The number of methoxy groups -OCH3 is 1. The Morgan fingerprint density at radius 3 is 2.70 bits per heavy atom. The third kappa shape index (κ3) is 6.79. The van der Waals surface area contributed by atoms with Gasteiger partial charge in [-0.05, 0) is 30.4 Å². The van der Waals surface area contributed by atoms with E-state index in [0.717, 1.165) is 0 Å². The molecule has 0 fully saturated rings. The van der Waals surface area contributed by atoms with Gasteiger partial charge in [-0.2, -0.15) is 11.8 Å². The summed E-state index contributed by atoms with van der Waals surface area (Å²) < 4.78 is 5.10. The van der Waals surface area contributed by atoms with Gasteiger partial charge in [0.15, 0.2) is 5.16 Å². The van der Waals surface area contributed by atoms with Gasteiger partial charge in [0.05, 0.1) is 23.1 Å². The van der Waals surface area contributed by atoms with Crippen LogP contribution in [0.1, 0.15) is 26.5 Å². The van der Waals surface area contributed by atoms with E-state index in [0.29, 0.717) is 38.3 Å². The number of halogens is 1. The summed E-state index contributed by atoms with van der Waals surface area (Å²) >= 11 is 8.98. The number of hydrogen-bond acceptors (Lipinski definition) is 6. The maximum Gasteiger partial charge on any atom is 0.251 e. The molecule has 2 aromatic rings. The Bertz CT molecular complexity index is 858. The molecule has 1 aromatic heterocycles. The lowest BCUT2D eigenvalue weighted by atomic mass is 10.3. The molecule has 0 radical (unpaired) electrons. The van der Waals surface area contributed by atoms with Crippen LogP contribution in [0.2, 0.25) is 5.02 Å². The molecule has 0 saturated carbocycles. The van der Waals surface area contributed by atoms with Crippen molar-refractivity contribution < 1.29 is 9.53 Å². The number of carbonyl (C=O) groups excluding carboxylic acids is 1. The van der Waals surface area contributed by atoms with Crippen LogP contribution in [0.25, 0.3) is 0 Å². The topological polar surface area (TPSA) is 84.1 Å². The second kappa shape index (κ2) is 10.1. The third-order valence-corrected chi connectivity index (χ3v) is 5.82. The largest absolute Gasteiger partial charge is 0.495 e. The van der Waals surface area contributed by atoms with Crippen molar-refractivity contribution in [2.24, 2.45) is 0 Å². The number of carbonyl (C=O) groups is 1. The molecule has 0 bridgehead atoms. The summed E-state index contributed by atoms with van der Waals surface area (Å²) in [6, 6.07) is 6.51. The van der Waals surface area contributed by atoms with E-state index in [4.69, 9.17) is 16.3 Å². The number of amides is 1. The molecule has 1 atom stereocenters. The predicted octanol–water partition coefficient (Wildman–Crippen LogP) is 4.19. The van der Waals surface area contributed by atoms with Crippen LogP contribution in [0.5, 0.6) is 5.75 Å². The zero-order valence-electron chi connectivity index (χ0n) is 15.5. The lowest BCUT2D eigenvalue weighted by Crippen LogP contribution is -2.23. The van der Waals surface area contributed by atoms with Gasteiger partial charge in [0.25, 0.3) is 5.56 Å². The molecule has 1 amide bonds. The zero-order valence-corrected chi connectivity index (χ0v) is 17.9. The van der Waals surface area contributed by atoms with Crippen LogP contribution in [-0.4, -0.2) is 33.5 Å². The molecule has 1 unspecified atom stereocenters. The minimum atomic E-state index is -0.456. The maximum absolute atomic E-state index is 12.4. The average Bonchev–Trinajstić information content (AvgIpc) is 2.59. The number of thioether (sulfide) groups is 2. The Labute approximate surface area is 171 Å². The van der Waals surface area contributed by atoms with Crippen molar-refractivity contribution in [1.29, 1.82) is 0 Å². The number of ether oxygens (including phenoxy) is 1. The molecule has 6 nitrogen and oxygen atoms in total. The van der Waals surface area contributed by atoms with E-state index < -0.39 is 5.25 Å². The number of aromatic nitrogens is 2. The average molecular weight is 428 g/mol. The number of nitrogens with zero attached hydrogens (tertiary/aromatic N) is 1. The fourth-order valence-electron chi connectivity index (χ4n) is 2.07. The van der Waals surface area contributed by atoms with Gasteiger partial charge in [-0.3, -0.25) is 9.59 Å². The SMILES string of the molecule is COc1ccc(NC(=O)C(C)Sc2nc(CSC(C)C)cc(=O)[nH]2)cc1Cl. The molecule has 27 heavy (non-hydrogen) atoms. The van der Waals surface area contributed by atoms with E-state index in [2.05, 4.69) is 29.1 Å². The number of anilines is 1. The number of rotatable bonds is 8. The first-order valence-corrected chi connectivity index (χ1v) is 10.6. The first-order valence-electron chi connectivity index (χ1n) is 8.31. The molecule has 0 aliphatic carbocycles. The minimum Gasteiger partial charge on any atom is -0.495 e. The summed E-state index contributed by atoms with van der Waals surface area (Å²) in [6.45, 7) is 5.93. The van der Waals surface area contributed by atoms with Crippen molar-refractivity contribution in [2.45, 2.75) is 42.2 Å². The van der Waals surface area contributed by atoms with Crippen LogP contribution in [0, 0.1) is 0 Å². The highest BCUT2D eigenvalue weighted by atomic mass is 35.5. The molecule has 146 valence electrons. The van der Waals surface area contributed by atoms with Crippen LogP contribution in [0.3, 0.4) is 0 Å². The van der Waals surface area contributed by atoms with Gasteiger partial charge in [-0.15, -0.1) is 0 Å². The van der Waals surface area contributed by atoms with Crippen molar-refractivity contribution in [3.05, 3.63) is 45.3 Å². The fourth-order valence-corrected chi connectivity index (χ4v) is 3.81. The van der Waals surface area contributed by atoms with E-state index in [-0.39, 0.29) is 11.5 Å². The number of H-pyrrole nitrogens is 1. The highest BCUT2D eigenvalue weighted by Crippen LogP contribution is 2.28. The van der Waals surface area contributed by atoms with E-state index in [9.17, 15) is 9.59 Å². The van der Waals surface area contributed by atoms with Gasteiger partial charge < -0.3 is 15.0 Å². The second-order valence-electron chi connectivity index (χ2n) is 6.00. The summed E-state index contributed by atoms with van der Waals surface area (Å²) in [5.74, 6) is 0.973. The molecule has 0 spiro atoms. The molecule has 9 heteroatoms. The Kier molecular flexibility index (Phi) is 8.07. The van der Waals surface area contributed by atoms with E-state index in [1.165, 1.54) is 24.9 Å². The predicted molar refractivity (Wildman–Crippen MR) is 113 cm³/mol. The Hall–Kier alpha value is -1.64. The van der Waals surface area contributed by atoms with E-state index in [1.54, 1.807) is 36.9 Å². The number of hydrogen-bond donors (Lipinski definition) is 2. The summed E-state index contributed by atoms with van der Waals surface area (Å²) in [7, 11) is 1.53. The van der Waals surface area contributed by atoms with Crippen LogP contribution in [0.4, 0.5) is 5.69 Å². The molecule has 1 heterocycles. The summed E-state index contributed by atoms with van der Waals surface area (Å²) in [6.07, 6.45) is 0. The molecule has 2 rings (SSSR count). The minimum absolute atomic E-state index is 0.217. The molecule has 1 aromatic carbocycles. The first kappa shape index (κ1) is 21.7. The quantitative estimate of drug-likeness (QED) is 0.485. The van der Waals surface area contributed by atoms with E-state index >= 15 is 0 Å². The molecule has 0 aliphatic heterocycles. The summed E-state index contributed by atoms with van der Waals surface area (Å²) in [5.41, 5.74) is 1.05. The van der Waals surface area contributed by atoms with Crippen molar-refractivity contribution in [3.63, 3.8) is 0 Å². The van der Waals surface area contributed by atoms with Crippen molar-refractivity contribution >= 4 is 46.7 Å². The van der Waals surface area contributed by atoms with Crippen LogP contribution in [-0.2, 0) is 10.5 Å². The Morgan fingerprint density at radius 1 is 1.33 bits per heavy atom. The maximum atomic E-state index is 12.4. The summed E-state index contributed by atoms with van der Waals surface area (Å²) in [5, 5.41) is 3.63. The zero-order chi connectivity index (χ0) is 20.0. The molecule has 2 N–H and O–H groups in total. The highest BCUT2D eigenvalue weighted by molar-refractivity contribution is 8.00. The van der Waals surface area contributed by atoms with Gasteiger partial charge in [-0.25, -0.2) is 4.98 Å². The van der Waals surface area contributed by atoms with Crippen molar-refractivity contribution in [1.82, 2.24) is 9.97 Å². The van der Waals surface area contributed by atoms with Crippen molar-refractivity contribution in [3.8, 4) is 5.75 Å². The van der Waals surface area contributed by atoms with Gasteiger partial charge >= 0.3 is 0 Å². The smallest absolute Gasteiger partial charge is 0.251 e. The fraction of sp³-hybridized carbons (Fsp3) is 0.389. The Morgan fingerprint density at radius 2 is 2.07 bits per heavy atom. The lowest BCUT2D eigenvalue weighted by Gasteiger charge is -2.13. The van der Waals surface area contributed by atoms with Gasteiger partial charge in [0.1, 0.15) is 5.75 Å². The third-order valence-electron chi connectivity index (χ3n) is 3.41. The Balaban J connectivity index is 2.03. The number of benzene rings is 1. The standard InChI is InChI=1S/C18H22ClN3O3S2/c1-10(2)26-9-13-8-16(23)22-18(21-13)27-11(3)17(24)20-12-5-6-15(25-4)14(19)7-12/h5-8,10-11H,9H2,1-4H3,(H,20,24)(H,21,22,23).